The Hall–Kier alpha value is -3.24. The molecule has 2 aromatic carbocycles. The van der Waals surface area contributed by atoms with E-state index in [1.807, 2.05) is 0 Å². The fourth-order valence-corrected chi connectivity index (χ4v) is 3.16. The summed E-state index contributed by atoms with van der Waals surface area (Å²) in [4.78, 5) is 21.3. The molecule has 1 fully saturated rings. The standard InChI is InChI=1S/C18H16Cl2N6O4/c19-15-1-3-17(25(27)28)13(9-15)11-21-23-5-7-24(8-6-23)22-12-14-10-16(20)2-4-18(14)26(29)30/h1-4,9-12H,5-8H2/b21-11-,22-12+. The molecule has 1 heterocycles. The molecule has 156 valence electrons. The van der Waals surface area contributed by atoms with Gasteiger partial charge in [0.25, 0.3) is 11.4 Å². The predicted molar refractivity (Wildman–Crippen MR) is 115 cm³/mol. The van der Waals surface area contributed by atoms with Crippen LogP contribution in [0.1, 0.15) is 11.1 Å². The molecule has 1 aliphatic rings. The first-order chi connectivity index (χ1) is 14.3. The van der Waals surface area contributed by atoms with Gasteiger partial charge in [-0.2, -0.15) is 10.2 Å². The molecule has 30 heavy (non-hydrogen) atoms. The molecular weight excluding hydrogens is 435 g/mol. The van der Waals surface area contributed by atoms with Crippen molar-refractivity contribution in [1.82, 2.24) is 10.0 Å². The average Bonchev–Trinajstić information content (AvgIpc) is 2.71. The van der Waals surface area contributed by atoms with Crippen LogP contribution in [0.4, 0.5) is 11.4 Å². The third-order valence-corrected chi connectivity index (χ3v) is 4.80. The van der Waals surface area contributed by atoms with Gasteiger partial charge in [0.2, 0.25) is 0 Å². The zero-order valence-electron chi connectivity index (χ0n) is 15.5. The van der Waals surface area contributed by atoms with E-state index in [4.69, 9.17) is 23.2 Å². The molecule has 0 N–H and O–H groups in total. The number of benzene rings is 2. The summed E-state index contributed by atoms with van der Waals surface area (Å²) in [6.07, 6.45) is 2.83. The van der Waals surface area contributed by atoms with Crippen LogP contribution in [0.3, 0.4) is 0 Å². The van der Waals surface area contributed by atoms with Gasteiger partial charge in [0.1, 0.15) is 0 Å². The minimum absolute atomic E-state index is 0.0745. The Morgan fingerprint density at radius 2 is 1.13 bits per heavy atom. The maximum Gasteiger partial charge on any atom is 0.278 e. The quantitative estimate of drug-likeness (QED) is 0.375. The predicted octanol–water partition coefficient (Wildman–Crippen LogP) is 3.80. The highest BCUT2D eigenvalue weighted by Gasteiger charge is 2.17. The second kappa shape index (κ2) is 9.51. The average molecular weight is 451 g/mol. The summed E-state index contributed by atoms with van der Waals surface area (Å²) in [6, 6.07) is 8.57. The highest BCUT2D eigenvalue weighted by molar-refractivity contribution is 6.31. The number of hydrogen-bond donors (Lipinski definition) is 0. The van der Waals surface area contributed by atoms with Crippen LogP contribution in [0.5, 0.6) is 0 Å². The van der Waals surface area contributed by atoms with Gasteiger partial charge < -0.3 is 0 Å². The van der Waals surface area contributed by atoms with Crippen molar-refractivity contribution in [3.05, 3.63) is 77.8 Å². The van der Waals surface area contributed by atoms with Gasteiger partial charge in [-0.05, 0) is 24.3 Å². The molecule has 0 aromatic heterocycles. The summed E-state index contributed by atoms with van der Waals surface area (Å²) < 4.78 is 0. The SMILES string of the molecule is O=[N+]([O-])c1ccc(Cl)cc1/C=N\N1CCN(/N=C/c2cc(Cl)ccc2[N+](=O)[O-])CC1. The highest BCUT2D eigenvalue weighted by atomic mass is 35.5. The fourth-order valence-electron chi connectivity index (χ4n) is 2.79. The summed E-state index contributed by atoms with van der Waals surface area (Å²) >= 11 is 11.8. The lowest BCUT2D eigenvalue weighted by molar-refractivity contribution is -0.385. The van der Waals surface area contributed by atoms with Crippen LogP contribution < -0.4 is 0 Å². The van der Waals surface area contributed by atoms with Gasteiger partial charge in [-0.25, -0.2) is 0 Å². The number of piperazine rings is 1. The van der Waals surface area contributed by atoms with Crippen LogP contribution in [0.25, 0.3) is 0 Å². The third-order valence-electron chi connectivity index (χ3n) is 4.33. The summed E-state index contributed by atoms with van der Waals surface area (Å²) in [7, 11) is 0. The number of nitro benzene ring substituents is 2. The first-order valence-electron chi connectivity index (χ1n) is 8.79. The van der Waals surface area contributed by atoms with Gasteiger partial charge in [0.05, 0.1) is 59.6 Å². The number of rotatable bonds is 6. The van der Waals surface area contributed by atoms with E-state index in [-0.39, 0.29) is 11.4 Å². The zero-order valence-corrected chi connectivity index (χ0v) is 17.0. The van der Waals surface area contributed by atoms with E-state index < -0.39 is 9.85 Å². The van der Waals surface area contributed by atoms with Crippen molar-refractivity contribution in [2.45, 2.75) is 0 Å². The summed E-state index contributed by atoms with van der Waals surface area (Å²) in [5.74, 6) is 0. The van der Waals surface area contributed by atoms with E-state index in [1.54, 1.807) is 10.0 Å². The number of hydrazone groups is 2. The Bertz CT molecular complexity index is 940. The minimum Gasteiger partial charge on any atom is -0.293 e. The monoisotopic (exact) mass is 450 g/mol. The van der Waals surface area contributed by atoms with Crippen LogP contribution >= 0.6 is 23.2 Å². The van der Waals surface area contributed by atoms with Crippen LogP contribution in [0.2, 0.25) is 10.0 Å². The van der Waals surface area contributed by atoms with Crippen molar-refractivity contribution in [2.24, 2.45) is 10.2 Å². The topological polar surface area (TPSA) is 117 Å². The molecule has 2 aromatic rings. The van der Waals surface area contributed by atoms with E-state index in [1.165, 1.54) is 48.8 Å². The van der Waals surface area contributed by atoms with Crippen LogP contribution in [-0.4, -0.2) is 58.5 Å². The van der Waals surface area contributed by atoms with Crippen LogP contribution in [0, 0.1) is 20.2 Å². The molecule has 1 saturated heterocycles. The molecule has 0 amide bonds. The van der Waals surface area contributed by atoms with Crippen molar-refractivity contribution in [2.75, 3.05) is 26.2 Å². The third kappa shape index (κ3) is 5.43. The molecule has 0 spiro atoms. The molecule has 0 radical (unpaired) electrons. The molecule has 3 rings (SSSR count). The maximum absolute atomic E-state index is 11.1. The smallest absolute Gasteiger partial charge is 0.278 e. The Morgan fingerprint density at radius 3 is 1.47 bits per heavy atom. The largest absolute Gasteiger partial charge is 0.293 e. The van der Waals surface area contributed by atoms with Crippen LogP contribution in [-0.2, 0) is 0 Å². The minimum atomic E-state index is -0.487. The Morgan fingerprint density at radius 1 is 0.767 bits per heavy atom. The van der Waals surface area contributed by atoms with Gasteiger partial charge in [-0.1, -0.05) is 23.2 Å². The molecule has 0 saturated carbocycles. The van der Waals surface area contributed by atoms with Crippen molar-refractivity contribution in [3.8, 4) is 0 Å². The molecule has 0 bridgehead atoms. The Kier molecular flexibility index (Phi) is 6.80. The van der Waals surface area contributed by atoms with Gasteiger partial charge >= 0.3 is 0 Å². The summed E-state index contributed by atoms with van der Waals surface area (Å²) in [5.41, 5.74) is 0.492. The number of hydrogen-bond acceptors (Lipinski definition) is 8. The molecule has 10 nitrogen and oxygen atoms in total. The lowest BCUT2D eigenvalue weighted by Gasteiger charge is -2.31. The molecule has 0 atom stereocenters. The number of nitrogens with zero attached hydrogens (tertiary/aromatic N) is 6. The maximum atomic E-state index is 11.1. The van der Waals surface area contributed by atoms with Crippen molar-refractivity contribution < 1.29 is 9.85 Å². The van der Waals surface area contributed by atoms with Crippen molar-refractivity contribution >= 4 is 47.0 Å². The Balaban J connectivity index is 1.62. The number of halogens is 2. The first kappa shape index (κ1) is 21.5. The van der Waals surface area contributed by atoms with Gasteiger partial charge in [-0.3, -0.25) is 30.2 Å². The zero-order chi connectivity index (χ0) is 21.7. The summed E-state index contributed by atoms with van der Waals surface area (Å²) in [6.45, 7) is 2.11. The molecule has 0 unspecified atom stereocenters. The lowest BCUT2D eigenvalue weighted by atomic mass is 10.2. The normalized spacial score (nSPS) is 14.6. The number of nitro groups is 2. The molecule has 12 heteroatoms. The van der Waals surface area contributed by atoms with Gasteiger partial charge in [-0.15, -0.1) is 0 Å². The second-order valence-electron chi connectivity index (χ2n) is 6.32. The Labute approximate surface area is 181 Å². The second-order valence-corrected chi connectivity index (χ2v) is 7.19. The van der Waals surface area contributed by atoms with E-state index in [0.29, 0.717) is 47.4 Å². The van der Waals surface area contributed by atoms with E-state index in [9.17, 15) is 20.2 Å². The summed E-state index contributed by atoms with van der Waals surface area (Å²) in [5, 5.41) is 35.1. The van der Waals surface area contributed by atoms with Gasteiger partial charge in [0, 0.05) is 22.2 Å². The molecular formula is C18H16Cl2N6O4. The highest BCUT2D eigenvalue weighted by Crippen LogP contribution is 2.22. The molecule has 0 aliphatic carbocycles. The van der Waals surface area contributed by atoms with E-state index in [2.05, 4.69) is 10.2 Å². The van der Waals surface area contributed by atoms with Crippen molar-refractivity contribution in [3.63, 3.8) is 0 Å². The molecule has 1 aliphatic heterocycles. The lowest BCUT2D eigenvalue weighted by Crippen LogP contribution is -2.41. The van der Waals surface area contributed by atoms with Crippen molar-refractivity contribution in [1.29, 1.82) is 0 Å². The fraction of sp³-hybridized carbons (Fsp3) is 0.222. The van der Waals surface area contributed by atoms with Gasteiger partial charge in [0.15, 0.2) is 0 Å². The van der Waals surface area contributed by atoms with Crippen LogP contribution in [0.15, 0.2) is 46.6 Å². The first-order valence-corrected chi connectivity index (χ1v) is 9.55. The van der Waals surface area contributed by atoms with E-state index in [0.717, 1.165) is 0 Å². The van der Waals surface area contributed by atoms with E-state index >= 15 is 0 Å².